The van der Waals surface area contributed by atoms with Gasteiger partial charge in [-0.15, -0.1) is 0 Å². The van der Waals surface area contributed by atoms with E-state index in [1.54, 1.807) is 0 Å². The van der Waals surface area contributed by atoms with Gasteiger partial charge in [-0.2, -0.15) is 0 Å². The predicted molar refractivity (Wildman–Crippen MR) is 70.6 cm³/mol. The Bertz CT molecular complexity index is 408. The van der Waals surface area contributed by atoms with Gasteiger partial charge in [-0.1, -0.05) is 36.7 Å². The molecule has 4 heteroatoms. The summed E-state index contributed by atoms with van der Waals surface area (Å²) in [5.41, 5.74) is 1.03. The molecule has 0 aliphatic carbocycles. The molecule has 0 saturated heterocycles. The third kappa shape index (κ3) is 4.38. The number of rotatable bonds is 4. The minimum Gasteiger partial charge on any atom is -0.493 e. The number of hydrogen-bond acceptors (Lipinski definition) is 2. The number of hydrogen-bond donors (Lipinski definition) is 1. The van der Waals surface area contributed by atoms with Crippen LogP contribution in [0.25, 0.3) is 0 Å². The van der Waals surface area contributed by atoms with Crippen molar-refractivity contribution in [1.82, 2.24) is 0 Å². The van der Waals surface area contributed by atoms with Crippen LogP contribution in [0, 0.1) is 0 Å². The Morgan fingerprint density at radius 1 is 1.41 bits per heavy atom. The highest BCUT2D eigenvalue weighted by atomic mass is 79.9. The van der Waals surface area contributed by atoms with Crippen molar-refractivity contribution in [2.75, 3.05) is 6.61 Å². The van der Waals surface area contributed by atoms with Crippen molar-refractivity contribution in [3.8, 4) is 5.75 Å². The van der Waals surface area contributed by atoms with E-state index < -0.39 is 5.97 Å². The molecule has 0 aliphatic heterocycles. The van der Waals surface area contributed by atoms with Crippen LogP contribution in [-0.2, 0) is 10.2 Å². The van der Waals surface area contributed by atoms with Crippen LogP contribution in [0.2, 0.25) is 0 Å². The van der Waals surface area contributed by atoms with E-state index in [4.69, 9.17) is 9.84 Å². The molecule has 0 aliphatic rings. The predicted octanol–water partition coefficient (Wildman–Crippen LogP) is 3.60. The Morgan fingerprint density at radius 2 is 2.06 bits per heavy atom. The highest BCUT2D eigenvalue weighted by molar-refractivity contribution is 9.10. The van der Waals surface area contributed by atoms with Crippen LogP contribution < -0.4 is 4.74 Å². The molecule has 0 saturated carbocycles. The maximum atomic E-state index is 10.4. The molecule has 1 N–H and O–H groups in total. The van der Waals surface area contributed by atoms with Gasteiger partial charge in [0.15, 0.2) is 0 Å². The zero-order valence-corrected chi connectivity index (χ0v) is 11.9. The maximum absolute atomic E-state index is 10.4. The average Bonchev–Trinajstić information content (AvgIpc) is 2.18. The number of halogens is 1. The first-order valence-corrected chi connectivity index (χ1v) is 6.24. The third-order valence-electron chi connectivity index (χ3n) is 2.32. The number of aliphatic carboxylic acids is 1. The molecule has 1 aromatic rings. The van der Waals surface area contributed by atoms with Crippen molar-refractivity contribution in [3.63, 3.8) is 0 Å². The molecule has 0 fully saturated rings. The summed E-state index contributed by atoms with van der Waals surface area (Å²) in [5.74, 6) is -0.0960. The monoisotopic (exact) mass is 300 g/mol. The first-order chi connectivity index (χ1) is 7.80. The Kier molecular flexibility index (Phi) is 4.57. The lowest BCUT2D eigenvalue weighted by Gasteiger charge is -2.23. The molecule has 1 aromatic carbocycles. The summed E-state index contributed by atoms with van der Waals surface area (Å²) in [6, 6.07) is 5.77. The smallest absolute Gasteiger partial charge is 0.306 e. The SMILES string of the molecule is CC(C)(C)c1cc(Br)ccc1OCCC(=O)O. The third-order valence-corrected chi connectivity index (χ3v) is 2.82. The summed E-state index contributed by atoms with van der Waals surface area (Å²) in [5, 5.41) is 8.58. The molecule has 0 aromatic heterocycles. The van der Waals surface area contributed by atoms with Crippen LogP contribution in [-0.4, -0.2) is 17.7 Å². The number of carboxylic acid groups (broad SMARTS) is 1. The van der Waals surface area contributed by atoms with Gasteiger partial charge in [-0.05, 0) is 23.6 Å². The highest BCUT2D eigenvalue weighted by Gasteiger charge is 2.19. The first kappa shape index (κ1) is 14.0. The van der Waals surface area contributed by atoms with E-state index in [1.165, 1.54) is 0 Å². The average molecular weight is 301 g/mol. The Balaban J connectivity index is 2.87. The van der Waals surface area contributed by atoms with Crippen LogP contribution in [0.3, 0.4) is 0 Å². The number of benzene rings is 1. The lowest BCUT2D eigenvalue weighted by atomic mass is 9.86. The summed E-state index contributed by atoms with van der Waals surface area (Å²) in [4.78, 5) is 10.4. The van der Waals surface area contributed by atoms with Gasteiger partial charge < -0.3 is 9.84 Å². The van der Waals surface area contributed by atoms with E-state index in [9.17, 15) is 4.79 Å². The number of carboxylic acids is 1. The molecule has 0 spiro atoms. The summed E-state index contributed by atoms with van der Waals surface area (Å²) in [6.45, 7) is 6.48. The lowest BCUT2D eigenvalue weighted by Crippen LogP contribution is -2.14. The van der Waals surface area contributed by atoms with Crippen LogP contribution in [0.1, 0.15) is 32.8 Å². The standard InChI is InChI=1S/C13H17BrO3/c1-13(2,3)10-8-9(14)4-5-11(10)17-7-6-12(15)16/h4-5,8H,6-7H2,1-3H3,(H,15,16). The van der Waals surface area contributed by atoms with Crippen molar-refractivity contribution in [2.45, 2.75) is 32.6 Å². The molecule has 0 unspecified atom stereocenters. The molecular weight excluding hydrogens is 284 g/mol. The summed E-state index contributed by atoms with van der Waals surface area (Å²) in [6.07, 6.45) is 0.0135. The fourth-order valence-corrected chi connectivity index (χ4v) is 1.82. The zero-order chi connectivity index (χ0) is 13.1. The largest absolute Gasteiger partial charge is 0.493 e. The molecule has 94 valence electrons. The lowest BCUT2D eigenvalue weighted by molar-refractivity contribution is -0.137. The topological polar surface area (TPSA) is 46.5 Å². The van der Waals surface area contributed by atoms with Gasteiger partial charge in [0, 0.05) is 10.0 Å². The van der Waals surface area contributed by atoms with Crippen molar-refractivity contribution in [2.24, 2.45) is 0 Å². The fraction of sp³-hybridized carbons (Fsp3) is 0.462. The minimum atomic E-state index is -0.848. The van der Waals surface area contributed by atoms with Crippen molar-refractivity contribution in [1.29, 1.82) is 0 Å². The Hall–Kier alpha value is -1.03. The first-order valence-electron chi connectivity index (χ1n) is 5.45. The van der Waals surface area contributed by atoms with E-state index in [0.29, 0.717) is 0 Å². The quantitative estimate of drug-likeness (QED) is 0.924. The van der Waals surface area contributed by atoms with E-state index in [1.807, 2.05) is 18.2 Å². The van der Waals surface area contributed by atoms with E-state index >= 15 is 0 Å². The van der Waals surface area contributed by atoms with Gasteiger partial charge in [0.1, 0.15) is 5.75 Å². The van der Waals surface area contributed by atoms with Gasteiger partial charge >= 0.3 is 5.97 Å². The highest BCUT2D eigenvalue weighted by Crippen LogP contribution is 2.33. The molecule has 0 radical (unpaired) electrons. The van der Waals surface area contributed by atoms with E-state index in [-0.39, 0.29) is 18.4 Å². The van der Waals surface area contributed by atoms with Gasteiger partial charge in [0.05, 0.1) is 13.0 Å². The molecule has 0 bridgehead atoms. The zero-order valence-electron chi connectivity index (χ0n) is 10.3. The molecule has 0 amide bonds. The molecule has 17 heavy (non-hydrogen) atoms. The number of ether oxygens (including phenoxy) is 1. The summed E-state index contributed by atoms with van der Waals surface area (Å²) >= 11 is 3.43. The second-order valence-electron chi connectivity index (χ2n) is 4.88. The molecule has 0 atom stereocenters. The molecule has 1 rings (SSSR count). The fourth-order valence-electron chi connectivity index (χ4n) is 1.46. The van der Waals surface area contributed by atoms with Crippen molar-refractivity contribution >= 4 is 21.9 Å². The number of carbonyl (C=O) groups is 1. The Morgan fingerprint density at radius 3 is 2.59 bits per heavy atom. The van der Waals surface area contributed by atoms with E-state index in [2.05, 4.69) is 36.7 Å². The molecule has 3 nitrogen and oxygen atoms in total. The molecular formula is C13H17BrO3. The normalized spacial score (nSPS) is 11.3. The minimum absolute atomic E-state index is 0.0135. The van der Waals surface area contributed by atoms with Crippen LogP contribution in [0.15, 0.2) is 22.7 Å². The second kappa shape index (κ2) is 5.54. The maximum Gasteiger partial charge on any atom is 0.306 e. The summed E-state index contributed by atoms with van der Waals surface area (Å²) in [7, 11) is 0. The van der Waals surface area contributed by atoms with E-state index in [0.717, 1.165) is 15.8 Å². The van der Waals surface area contributed by atoms with Gasteiger partial charge in [-0.3, -0.25) is 4.79 Å². The summed E-state index contributed by atoms with van der Waals surface area (Å²) < 4.78 is 6.52. The Labute approximate surface area is 110 Å². The van der Waals surface area contributed by atoms with Gasteiger partial charge in [0.25, 0.3) is 0 Å². The molecule has 0 heterocycles. The van der Waals surface area contributed by atoms with Crippen LogP contribution in [0.4, 0.5) is 0 Å². The van der Waals surface area contributed by atoms with Crippen LogP contribution >= 0.6 is 15.9 Å². The van der Waals surface area contributed by atoms with Crippen molar-refractivity contribution < 1.29 is 14.6 Å². The van der Waals surface area contributed by atoms with Gasteiger partial charge in [-0.25, -0.2) is 0 Å². The van der Waals surface area contributed by atoms with Gasteiger partial charge in [0.2, 0.25) is 0 Å². The second-order valence-corrected chi connectivity index (χ2v) is 5.80. The van der Waals surface area contributed by atoms with Crippen LogP contribution in [0.5, 0.6) is 5.75 Å². The van der Waals surface area contributed by atoms with Crippen molar-refractivity contribution in [3.05, 3.63) is 28.2 Å².